The van der Waals surface area contributed by atoms with Gasteiger partial charge in [0.25, 0.3) is 0 Å². The van der Waals surface area contributed by atoms with Crippen molar-refractivity contribution in [3.63, 3.8) is 0 Å². The van der Waals surface area contributed by atoms with Crippen molar-refractivity contribution in [1.29, 1.82) is 0 Å². The fraction of sp³-hybridized carbons (Fsp3) is 0.538. The molecule has 15 heavy (non-hydrogen) atoms. The first-order chi connectivity index (χ1) is 6.92. The summed E-state index contributed by atoms with van der Waals surface area (Å²) in [6.45, 7) is 9.49. The van der Waals surface area contributed by atoms with Gasteiger partial charge in [-0.05, 0) is 23.6 Å². The van der Waals surface area contributed by atoms with Gasteiger partial charge in [-0.1, -0.05) is 27.7 Å². The van der Waals surface area contributed by atoms with E-state index in [-0.39, 0.29) is 5.41 Å². The lowest BCUT2D eigenvalue weighted by Crippen LogP contribution is -2.18. The van der Waals surface area contributed by atoms with E-state index in [1.165, 1.54) is 11.1 Å². The predicted octanol–water partition coefficient (Wildman–Crippen LogP) is 3.06. The summed E-state index contributed by atoms with van der Waals surface area (Å²) in [6.07, 6.45) is 0. The van der Waals surface area contributed by atoms with E-state index < -0.39 is 0 Å². The second kappa shape index (κ2) is 3.16. The molecule has 0 saturated heterocycles. The number of hydrogen-bond acceptors (Lipinski definition) is 2. The molecular weight excluding hydrogens is 186 g/mol. The molecule has 1 heterocycles. The van der Waals surface area contributed by atoms with E-state index in [2.05, 4.69) is 27.7 Å². The van der Waals surface area contributed by atoms with Gasteiger partial charge in [0.2, 0.25) is 0 Å². The highest BCUT2D eigenvalue weighted by molar-refractivity contribution is 5.58. The van der Waals surface area contributed by atoms with Crippen LogP contribution in [-0.2, 0) is 5.41 Å². The van der Waals surface area contributed by atoms with E-state index in [0.717, 1.165) is 18.0 Å². The number of nitrogens with two attached hydrogens (primary N) is 1. The van der Waals surface area contributed by atoms with Crippen LogP contribution in [0.25, 0.3) is 0 Å². The second-order valence-electron chi connectivity index (χ2n) is 5.31. The van der Waals surface area contributed by atoms with Gasteiger partial charge in [-0.2, -0.15) is 0 Å². The molecule has 0 atom stereocenters. The molecule has 1 aromatic carbocycles. The lowest BCUT2D eigenvalue weighted by atomic mass is 9.84. The van der Waals surface area contributed by atoms with Crippen molar-refractivity contribution in [2.45, 2.75) is 39.0 Å². The van der Waals surface area contributed by atoms with E-state index in [9.17, 15) is 0 Å². The summed E-state index contributed by atoms with van der Waals surface area (Å²) < 4.78 is 5.81. The van der Waals surface area contributed by atoms with E-state index in [0.29, 0.717) is 5.92 Å². The predicted molar refractivity (Wildman–Crippen MR) is 63.5 cm³/mol. The maximum atomic E-state index is 5.94. The van der Waals surface area contributed by atoms with Crippen molar-refractivity contribution in [3.8, 4) is 5.75 Å². The lowest BCUT2D eigenvalue weighted by molar-refractivity contribution is 0.288. The molecule has 2 nitrogen and oxygen atoms in total. The molecule has 0 amide bonds. The van der Waals surface area contributed by atoms with Gasteiger partial charge in [0.05, 0.1) is 6.61 Å². The smallest absolute Gasteiger partial charge is 0.126 e. The van der Waals surface area contributed by atoms with Gasteiger partial charge in [-0.15, -0.1) is 0 Å². The van der Waals surface area contributed by atoms with Crippen molar-refractivity contribution >= 4 is 5.69 Å². The van der Waals surface area contributed by atoms with Crippen LogP contribution in [0.4, 0.5) is 5.69 Å². The third kappa shape index (κ3) is 1.58. The Hall–Kier alpha value is -1.18. The zero-order chi connectivity index (χ0) is 11.2. The summed E-state index contributed by atoms with van der Waals surface area (Å²) in [5, 5.41) is 0. The van der Waals surface area contributed by atoms with Crippen LogP contribution in [0.3, 0.4) is 0 Å². The highest BCUT2D eigenvalue weighted by Crippen LogP contribution is 2.44. The summed E-state index contributed by atoms with van der Waals surface area (Å²) in [7, 11) is 0. The van der Waals surface area contributed by atoms with Crippen LogP contribution in [0.5, 0.6) is 5.75 Å². The summed E-state index contributed by atoms with van der Waals surface area (Å²) >= 11 is 0. The molecule has 1 aliphatic heterocycles. The van der Waals surface area contributed by atoms with E-state index in [1.807, 2.05) is 12.1 Å². The highest BCUT2D eigenvalue weighted by atomic mass is 16.5. The molecule has 0 bridgehead atoms. The Morgan fingerprint density at radius 2 is 2.00 bits per heavy atom. The zero-order valence-electron chi connectivity index (χ0n) is 9.92. The molecule has 1 aromatic rings. The minimum Gasteiger partial charge on any atom is -0.492 e. The number of nitrogen functional groups attached to an aromatic ring is 1. The molecule has 0 aromatic heterocycles. The fourth-order valence-corrected chi connectivity index (χ4v) is 2.10. The molecule has 2 N–H and O–H groups in total. The Bertz CT molecular complexity index is 394. The van der Waals surface area contributed by atoms with Gasteiger partial charge in [-0.3, -0.25) is 0 Å². The molecule has 2 rings (SSSR count). The normalized spacial score (nSPS) is 17.7. The SMILES string of the molecule is CC(C)c1cc(N)cc2c1OCC2(C)C. The lowest BCUT2D eigenvalue weighted by Gasteiger charge is -2.17. The monoisotopic (exact) mass is 205 g/mol. The Labute approximate surface area is 91.4 Å². The number of rotatable bonds is 1. The first-order valence-corrected chi connectivity index (χ1v) is 5.48. The van der Waals surface area contributed by atoms with Crippen LogP contribution < -0.4 is 10.5 Å². The summed E-state index contributed by atoms with van der Waals surface area (Å²) in [5.74, 6) is 1.51. The average Bonchev–Trinajstić information content (AvgIpc) is 2.41. The van der Waals surface area contributed by atoms with Crippen LogP contribution in [0.2, 0.25) is 0 Å². The van der Waals surface area contributed by atoms with Crippen molar-refractivity contribution in [2.75, 3.05) is 12.3 Å². The minimum absolute atomic E-state index is 0.0916. The van der Waals surface area contributed by atoms with Crippen molar-refractivity contribution in [2.24, 2.45) is 0 Å². The van der Waals surface area contributed by atoms with Gasteiger partial charge in [0, 0.05) is 16.7 Å². The number of benzene rings is 1. The molecule has 1 aliphatic rings. The Kier molecular flexibility index (Phi) is 2.18. The number of fused-ring (bicyclic) bond motifs is 1. The topological polar surface area (TPSA) is 35.2 Å². The van der Waals surface area contributed by atoms with Gasteiger partial charge < -0.3 is 10.5 Å². The van der Waals surface area contributed by atoms with Gasteiger partial charge >= 0.3 is 0 Å². The molecule has 0 saturated carbocycles. The van der Waals surface area contributed by atoms with Crippen LogP contribution in [-0.4, -0.2) is 6.61 Å². The van der Waals surface area contributed by atoms with Gasteiger partial charge in [0.15, 0.2) is 0 Å². The molecule has 82 valence electrons. The van der Waals surface area contributed by atoms with Crippen LogP contribution >= 0.6 is 0 Å². The van der Waals surface area contributed by atoms with E-state index >= 15 is 0 Å². The maximum absolute atomic E-state index is 5.94. The second-order valence-corrected chi connectivity index (χ2v) is 5.31. The van der Waals surface area contributed by atoms with E-state index in [1.54, 1.807) is 0 Å². The van der Waals surface area contributed by atoms with Gasteiger partial charge in [-0.25, -0.2) is 0 Å². The molecule has 0 radical (unpaired) electrons. The average molecular weight is 205 g/mol. The number of ether oxygens (including phenoxy) is 1. The third-order valence-electron chi connectivity index (χ3n) is 3.07. The molecule has 0 fully saturated rings. The van der Waals surface area contributed by atoms with Crippen LogP contribution in [0, 0.1) is 0 Å². The number of anilines is 1. The van der Waals surface area contributed by atoms with Crippen molar-refractivity contribution in [3.05, 3.63) is 23.3 Å². The summed E-state index contributed by atoms with van der Waals surface area (Å²) in [6, 6.07) is 4.08. The highest BCUT2D eigenvalue weighted by Gasteiger charge is 2.34. The van der Waals surface area contributed by atoms with Gasteiger partial charge in [0.1, 0.15) is 5.75 Å². The van der Waals surface area contributed by atoms with Crippen LogP contribution in [0.15, 0.2) is 12.1 Å². The van der Waals surface area contributed by atoms with Crippen molar-refractivity contribution < 1.29 is 4.74 Å². The summed E-state index contributed by atoms with van der Waals surface area (Å²) in [4.78, 5) is 0. The summed E-state index contributed by atoms with van der Waals surface area (Å²) in [5.41, 5.74) is 9.36. The largest absolute Gasteiger partial charge is 0.492 e. The zero-order valence-corrected chi connectivity index (χ0v) is 9.92. The Morgan fingerprint density at radius 1 is 1.33 bits per heavy atom. The molecule has 0 spiro atoms. The Balaban J connectivity index is 2.63. The first-order valence-electron chi connectivity index (χ1n) is 5.48. The molecule has 2 heteroatoms. The minimum atomic E-state index is 0.0916. The number of hydrogen-bond donors (Lipinski definition) is 1. The Morgan fingerprint density at radius 3 is 2.60 bits per heavy atom. The fourth-order valence-electron chi connectivity index (χ4n) is 2.10. The van der Waals surface area contributed by atoms with Crippen LogP contribution in [0.1, 0.15) is 44.7 Å². The van der Waals surface area contributed by atoms with E-state index in [4.69, 9.17) is 10.5 Å². The van der Waals surface area contributed by atoms with Crippen molar-refractivity contribution in [1.82, 2.24) is 0 Å². The third-order valence-corrected chi connectivity index (χ3v) is 3.07. The quantitative estimate of drug-likeness (QED) is 0.715. The molecule has 0 aliphatic carbocycles. The molecular formula is C13H19NO. The maximum Gasteiger partial charge on any atom is 0.126 e. The molecule has 0 unspecified atom stereocenters. The standard InChI is InChI=1S/C13H19NO/c1-8(2)10-5-9(14)6-11-12(10)15-7-13(11,3)4/h5-6,8H,7,14H2,1-4H3. The first kappa shape index (κ1) is 10.3.